The molecule has 0 aliphatic carbocycles. The van der Waals surface area contributed by atoms with Gasteiger partial charge in [-0.2, -0.15) is 0 Å². The van der Waals surface area contributed by atoms with Gasteiger partial charge in [0.1, 0.15) is 5.82 Å². The highest BCUT2D eigenvalue weighted by Crippen LogP contribution is 2.29. The van der Waals surface area contributed by atoms with Crippen LogP contribution in [0.5, 0.6) is 0 Å². The van der Waals surface area contributed by atoms with Crippen LogP contribution in [0.1, 0.15) is 44.9 Å². The number of benzene rings is 2. The van der Waals surface area contributed by atoms with E-state index in [1.807, 2.05) is 5.32 Å². The Morgan fingerprint density at radius 1 is 1.03 bits per heavy atom. The molecule has 3 rings (SSSR count). The van der Waals surface area contributed by atoms with Crippen molar-refractivity contribution in [3.05, 3.63) is 65.0 Å². The number of nitrogens with one attached hydrogen (secondary N) is 2. The van der Waals surface area contributed by atoms with Gasteiger partial charge in [0.2, 0.25) is 0 Å². The van der Waals surface area contributed by atoms with Crippen molar-refractivity contribution in [1.29, 1.82) is 0 Å². The van der Waals surface area contributed by atoms with Crippen LogP contribution in [0.15, 0.2) is 42.5 Å². The van der Waals surface area contributed by atoms with E-state index in [-0.39, 0.29) is 22.4 Å². The maximum Gasteiger partial charge on any atom is 0.338 e. The van der Waals surface area contributed by atoms with Crippen molar-refractivity contribution in [2.75, 3.05) is 11.4 Å². The van der Waals surface area contributed by atoms with Gasteiger partial charge >= 0.3 is 12.0 Å². The van der Waals surface area contributed by atoms with Gasteiger partial charge in [-0.3, -0.25) is 19.7 Å². The quantitative estimate of drug-likeness (QED) is 0.556. The molecule has 9 nitrogen and oxygen atoms in total. The third-order valence-corrected chi connectivity index (χ3v) is 4.43. The van der Waals surface area contributed by atoms with Crippen molar-refractivity contribution in [2.24, 2.45) is 0 Å². The third-order valence-electron chi connectivity index (χ3n) is 4.43. The van der Waals surface area contributed by atoms with E-state index in [2.05, 4.69) is 5.32 Å². The van der Waals surface area contributed by atoms with Crippen LogP contribution in [0.4, 0.5) is 14.9 Å². The van der Waals surface area contributed by atoms with Crippen LogP contribution in [-0.2, 0) is 9.53 Å². The number of urea groups is 1. The van der Waals surface area contributed by atoms with Gasteiger partial charge < -0.3 is 10.1 Å². The number of nitrogens with zero attached hydrogens (tertiary/aromatic N) is 1. The first-order valence-corrected chi connectivity index (χ1v) is 9.31. The lowest BCUT2D eigenvalue weighted by Crippen LogP contribution is -2.44. The minimum Gasteiger partial charge on any atom is -0.449 e. The number of hydrogen-bond donors (Lipinski definition) is 2. The van der Waals surface area contributed by atoms with Crippen LogP contribution in [0, 0.1) is 5.82 Å². The fourth-order valence-electron chi connectivity index (χ4n) is 2.89. The van der Waals surface area contributed by atoms with Crippen LogP contribution in [0.3, 0.4) is 0 Å². The van der Waals surface area contributed by atoms with E-state index in [0.717, 1.165) is 17.0 Å². The van der Waals surface area contributed by atoms with Gasteiger partial charge in [-0.15, -0.1) is 0 Å². The predicted octanol–water partition coefficient (Wildman–Crippen LogP) is 2.02. The summed E-state index contributed by atoms with van der Waals surface area (Å²) in [5.41, 5.74) is 0.182. The molecule has 1 unspecified atom stereocenters. The maximum atomic E-state index is 13.2. The van der Waals surface area contributed by atoms with Crippen molar-refractivity contribution in [1.82, 2.24) is 10.6 Å². The van der Waals surface area contributed by atoms with Gasteiger partial charge in [-0.05, 0) is 56.3 Å². The number of carbonyl (C=O) groups is 5. The monoisotopic (exact) mass is 427 g/mol. The summed E-state index contributed by atoms with van der Waals surface area (Å²) in [5, 5.41) is 4.39. The normalized spacial score (nSPS) is 13.5. The number of ether oxygens (including phenoxy) is 1. The number of carbonyl (C=O) groups excluding carboxylic acids is 5. The van der Waals surface area contributed by atoms with E-state index in [0.29, 0.717) is 6.54 Å². The summed E-state index contributed by atoms with van der Waals surface area (Å²) in [7, 11) is 0. The number of esters is 1. The van der Waals surface area contributed by atoms with Gasteiger partial charge in [0.25, 0.3) is 17.7 Å². The summed E-state index contributed by atoms with van der Waals surface area (Å²) in [6.45, 7) is 3.26. The van der Waals surface area contributed by atoms with E-state index in [1.165, 1.54) is 37.3 Å². The number of rotatable bonds is 5. The van der Waals surface area contributed by atoms with E-state index < -0.39 is 41.6 Å². The summed E-state index contributed by atoms with van der Waals surface area (Å²) in [4.78, 5) is 61.9. The number of amides is 5. The zero-order chi connectivity index (χ0) is 22.7. The first-order valence-electron chi connectivity index (χ1n) is 9.31. The first-order chi connectivity index (χ1) is 14.7. The van der Waals surface area contributed by atoms with Gasteiger partial charge in [0.15, 0.2) is 6.10 Å². The number of hydrogen-bond acceptors (Lipinski definition) is 6. The average Bonchev–Trinajstić information content (AvgIpc) is 2.98. The maximum absolute atomic E-state index is 13.2. The van der Waals surface area contributed by atoms with Crippen LogP contribution < -0.4 is 15.5 Å². The van der Waals surface area contributed by atoms with Gasteiger partial charge in [-0.1, -0.05) is 0 Å². The molecule has 2 N–H and O–H groups in total. The molecular weight excluding hydrogens is 409 g/mol. The molecule has 0 aromatic heterocycles. The van der Waals surface area contributed by atoms with E-state index in [4.69, 9.17) is 4.74 Å². The molecule has 10 heteroatoms. The molecule has 0 bridgehead atoms. The Kier molecular flexibility index (Phi) is 6.10. The van der Waals surface area contributed by atoms with Crippen molar-refractivity contribution in [3.8, 4) is 0 Å². The van der Waals surface area contributed by atoms with Crippen LogP contribution in [-0.4, -0.2) is 42.4 Å². The molecule has 0 fully saturated rings. The van der Waals surface area contributed by atoms with Crippen molar-refractivity contribution < 1.29 is 33.1 Å². The highest BCUT2D eigenvalue weighted by atomic mass is 19.1. The highest BCUT2D eigenvalue weighted by molar-refractivity contribution is 6.34. The summed E-state index contributed by atoms with van der Waals surface area (Å²) in [5.74, 6) is -3.55. The van der Waals surface area contributed by atoms with E-state index in [9.17, 15) is 28.4 Å². The summed E-state index contributed by atoms with van der Waals surface area (Å²) < 4.78 is 18.2. The minimum atomic E-state index is -1.28. The van der Waals surface area contributed by atoms with Gasteiger partial charge in [0, 0.05) is 6.54 Å². The molecule has 0 saturated heterocycles. The summed E-state index contributed by atoms with van der Waals surface area (Å²) in [6.07, 6.45) is -1.28. The molecule has 1 atom stereocenters. The number of imide groups is 2. The molecular formula is C21H18FN3O6. The molecule has 1 aliphatic rings. The molecule has 1 aliphatic heterocycles. The fourth-order valence-corrected chi connectivity index (χ4v) is 2.89. The Morgan fingerprint density at radius 2 is 1.68 bits per heavy atom. The summed E-state index contributed by atoms with van der Waals surface area (Å²) >= 11 is 0. The molecule has 31 heavy (non-hydrogen) atoms. The number of halogens is 1. The Bertz CT molecular complexity index is 1080. The molecule has 1 heterocycles. The van der Waals surface area contributed by atoms with E-state index >= 15 is 0 Å². The smallest absolute Gasteiger partial charge is 0.338 e. The van der Waals surface area contributed by atoms with Crippen LogP contribution in [0.2, 0.25) is 0 Å². The summed E-state index contributed by atoms with van der Waals surface area (Å²) in [6, 6.07) is 7.88. The van der Waals surface area contributed by atoms with Crippen molar-refractivity contribution in [3.63, 3.8) is 0 Å². The minimum absolute atomic E-state index is 0.0248. The molecule has 0 saturated carbocycles. The van der Waals surface area contributed by atoms with Gasteiger partial charge in [-0.25, -0.2) is 18.9 Å². The van der Waals surface area contributed by atoms with Crippen LogP contribution in [0.25, 0.3) is 0 Å². The first kappa shape index (κ1) is 21.6. The largest absolute Gasteiger partial charge is 0.449 e. The lowest BCUT2D eigenvalue weighted by Gasteiger charge is -2.13. The highest BCUT2D eigenvalue weighted by Gasteiger charge is 2.37. The topological polar surface area (TPSA) is 122 Å². The lowest BCUT2D eigenvalue weighted by atomic mass is 10.1. The predicted molar refractivity (Wildman–Crippen MR) is 106 cm³/mol. The molecule has 2 aromatic rings. The molecule has 0 radical (unpaired) electrons. The van der Waals surface area contributed by atoms with Crippen LogP contribution >= 0.6 is 0 Å². The number of anilines is 1. The zero-order valence-corrected chi connectivity index (χ0v) is 16.6. The van der Waals surface area contributed by atoms with Crippen molar-refractivity contribution in [2.45, 2.75) is 20.0 Å². The second-order valence-electron chi connectivity index (χ2n) is 6.58. The lowest BCUT2D eigenvalue weighted by molar-refractivity contribution is -0.127. The molecule has 5 amide bonds. The van der Waals surface area contributed by atoms with Crippen molar-refractivity contribution >= 4 is 35.4 Å². The fraction of sp³-hybridized carbons (Fsp3) is 0.190. The SMILES string of the molecule is CCNC(=O)NC(=O)C(C)OC(=O)c1ccc2c(c1)C(=O)N(c1ccc(F)cc1)C2=O. The second kappa shape index (κ2) is 8.74. The van der Waals surface area contributed by atoms with Gasteiger partial charge in [0.05, 0.1) is 22.4 Å². The third kappa shape index (κ3) is 4.42. The Labute approximate surface area is 176 Å². The van der Waals surface area contributed by atoms with E-state index in [1.54, 1.807) is 6.92 Å². The second-order valence-corrected chi connectivity index (χ2v) is 6.58. The standard InChI is InChI=1S/C21H18FN3O6/c1-3-23-21(30)24-17(26)11(2)31-20(29)12-4-9-15-16(10-12)19(28)25(18(15)27)14-7-5-13(22)6-8-14/h4-11H,3H2,1-2H3,(H2,23,24,26,30). The molecule has 160 valence electrons. The Hall–Kier alpha value is -4.08. The number of fused-ring (bicyclic) bond motifs is 1. The average molecular weight is 427 g/mol. The Balaban J connectivity index is 1.75. The molecule has 2 aromatic carbocycles. The Morgan fingerprint density at radius 3 is 2.32 bits per heavy atom. The zero-order valence-electron chi connectivity index (χ0n) is 16.6. The molecule has 0 spiro atoms.